The van der Waals surface area contributed by atoms with Crippen molar-refractivity contribution in [2.45, 2.75) is 264 Å². The van der Waals surface area contributed by atoms with Gasteiger partial charge in [0.2, 0.25) is 5.91 Å². The molecule has 0 aliphatic rings. The van der Waals surface area contributed by atoms with Crippen LogP contribution < -0.4 is 5.32 Å². The topological polar surface area (TPSA) is 169 Å². The number of phosphoric ester groups is 1. The Kier molecular flexibility index (Phi) is 47.9. The Morgan fingerprint density at radius 1 is 0.478 bits per heavy atom. The number of amides is 1. The van der Waals surface area contributed by atoms with Crippen LogP contribution in [0.3, 0.4) is 0 Å². The Hall–Kier alpha value is -2.56. The number of hydrogen-bond acceptors (Lipinski definition) is 8. The van der Waals surface area contributed by atoms with Gasteiger partial charge in [-0.1, -0.05) is 229 Å². The number of allylic oxidation sites excluding steroid dienone is 8. The van der Waals surface area contributed by atoms with E-state index in [1.165, 1.54) is 128 Å². The molecule has 0 saturated carbocycles. The molecule has 0 radical (unpaired) electrons. The molecule has 12 heteroatoms. The predicted molar refractivity (Wildman–Crippen MR) is 277 cm³/mol. The number of aliphatic carboxylic acids is 1. The number of hydrogen-bond donors (Lipinski definition) is 4. The van der Waals surface area contributed by atoms with Gasteiger partial charge in [-0.15, -0.1) is 0 Å². The fourth-order valence-electron chi connectivity index (χ4n) is 7.65. The molecule has 3 unspecified atom stereocenters. The van der Waals surface area contributed by atoms with Crippen molar-refractivity contribution in [3.05, 3.63) is 48.6 Å². The number of unbranched alkanes of at least 4 members (excludes halogenated alkanes) is 29. The van der Waals surface area contributed by atoms with Gasteiger partial charge in [-0.25, -0.2) is 9.36 Å². The van der Waals surface area contributed by atoms with Crippen molar-refractivity contribution in [1.29, 1.82) is 0 Å². The normalized spacial score (nSPS) is 13.9. The summed E-state index contributed by atoms with van der Waals surface area (Å²) >= 11 is 0. The van der Waals surface area contributed by atoms with E-state index in [2.05, 4.69) is 67.8 Å². The van der Waals surface area contributed by atoms with E-state index in [0.717, 1.165) is 83.5 Å². The maximum Gasteiger partial charge on any atom is 0.472 e. The number of phosphoric acid groups is 1. The molecule has 0 heterocycles. The van der Waals surface area contributed by atoms with Gasteiger partial charge in [-0.05, 0) is 57.8 Å². The standard InChI is InChI=1S/C55H100NO10P/c1-3-5-7-9-11-13-15-17-19-21-23-25-26-27-28-30-32-34-36-38-40-42-44-46-53(58)56-52(55(60)61)50-66-67(62,63)65-49-51(57)48-64-54(59)47-45-43-41-39-37-35-33-31-29-24-22-20-18-16-14-12-10-8-6-4-2/h11,13,17,19,23,25,27-28,51-52,57H,3-10,12,14-16,18,20-22,24,26,29-50H2,1-2H3,(H,56,58)(H,60,61)(H,62,63)/b13-11-,19-17-,25-23-,28-27-. The maximum atomic E-state index is 12.4. The van der Waals surface area contributed by atoms with E-state index in [1.54, 1.807) is 0 Å². The fraction of sp³-hybridized carbons (Fsp3) is 0.800. The average molecular weight is 966 g/mol. The highest BCUT2D eigenvalue weighted by Gasteiger charge is 2.28. The van der Waals surface area contributed by atoms with Crippen LogP contribution in [-0.4, -0.2) is 64.9 Å². The number of carbonyl (C=O) groups excluding carboxylic acids is 2. The third kappa shape index (κ3) is 49.7. The van der Waals surface area contributed by atoms with E-state index in [0.29, 0.717) is 12.8 Å². The van der Waals surface area contributed by atoms with Crippen LogP contribution in [0.1, 0.15) is 251 Å². The van der Waals surface area contributed by atoms with E-state index in [9.17, 15) is 34.1 Å². The average Bonchev–Trinajstić information content (AvgIpc) is 3.31. The highest BCUT2D eigenvalue weighted by molar-refractivity contribution is 7.47. The molecular weight excluding hydrogens is 866 g/mol. The Balaban J connectivity index is 3.82. The molecule has 0 aliphatic heterocycles. The smallest absolute Gasteiger partial charge is 0.472 e. The summed E-state index contributed by atoms with van der Waals surface area (Å²) in [5.41, 5.74) is 0. The van der Waals surface area contributed by atoms with Crippen LogP contribution in [0.5, 0.6) is 0 Å². The molecule has 0 fully saturated rings. The van der Waals surface area contributed by atoms with Gasteiger partial charge < -0.3 is 25.2 Å². The van der Waals surface area contributed by atoms with Crippen LogP contribution in [-0.2, 0) is 32.7 Å². The summed E-state index contributed by atoms with van der Waals surface area (Å²) in [6.45, 7) is 2.60. The largest absolute Gasteiger partial charge is 0.480 e. The predicted octanol–water partition coefficient (Wildman–Crippen LogP) is 15.3. The molecule has 0 saturated heterocycles. The molecule has 67 heavy (non-hydrogen) atoms. The number of aliphatic hydroxyl groups is 1. The Bertz CT molecular complexity index is 1320. The molecule has 0 rings (SSSR count). The molecule has 0 aliphatic carbocycles. The minimum absolute atomic E-state index is 0.133. The van der Waals surface area contributed by atoms with Crippen molar-refractivity contribution >= 4 is 25.7 Å². The molecule has 4 N–H and O–H groups in total. The number of nitrogens with one attached hydrogen (secondary N) is 1. The molecule has 0 bridgehead atoms. The first-order valence-electron chi connectivity index (χ1n) is 27.2. The first kappa shape index (κ1) is 64.4. The highest BCUT2D eigenvalue weighted by atomic mass is 31.2. The zero-order chi connectivity index (χ0) is 49.2. The van der Waals surface area contributed by atoms with Crippen LogP contribution >= 0.6 is 7.82 Å². The second kappa shape index (κ2) is 49.8. The van der Waals surface area contributed by atoms with Crippen molar-refractivity contribution in [1.82, 2.24) is 5.32 Å². The monoisotopic (exact) mass is 966 g/mol. The van der Waals surface area contributed by atoms with Crippen molar-refractivity contribution in [3.8, 4) is 0 Å². The summed E-state index contributed by atoms with van der Waals surface area (Å²) in [6, 6.07) is -1.55. The first-order chi connectivity index (χ1) is 32.6. The summed E-state index contributed by atoms with van der Waals surface area (Å²) < 4.78 is 27.0. The van der Waals surface area contributed by atoms with Gasteiger partial charge >= 0.3 is 19.8 Å². The second-order valence-electron chi connectivity index (χ2n) is 18.4. The lowest BCUT2D eigenvalue weighted by molar-refractivity contribution is -0.147. The van der Waals surface area contributed by atoms with Gasteiger partial charge in [-0.2, -0.15) is 0 Å². The van der Waals surface area contributed by atoms with Gasteiger partial charge in [0.1, 0.15) is 12.7 Å². The summed E-state index contributed by atoms with van der Waals surface area (Å²) in [4.78, 5) is 46.2. The number of rotatable bonds is 51. The van der Waals surface area contributed by atoms with Crippen molar-refractivity contribution < 1.29 is 47.8 Å². The number of ether oxygens (including phenoxy) is 1. The molecular formula is C55H100NO10P. The van der Waals surface area contributed by atoms with Gasteiger partial charge in [0, 0.05) is 12.8 Å². The second-order valence-corrected chi connectivity index (χ2v) is 19.9. The molecule has 0 aromatic rings. The van der Waals surface area contributed by atoms with Crippen LogP contribution in [0.2, 0.25) is 0 Å². The minimum atomic E-state index is -4.77. The molecule has 3 atom stereocenters. The van der Waals surface area contributed by atoms with E-state index < -0.39 is 57.6 Å². The molecule has 0 spiro atoms. The zero-order valence-corrected chi connectivity index (χ0v) is 43.6. The van der Waals surface area contributed by atoms with Crippen LogP contribution in [0, 0.1) is 0 Å². The van der Waals surface area contributed by atoms with Crippen LogP contribution in [0.25, 0.3) is 0 Å². The van der Waals surface area contributed by atoms with Gasteiger partial charge in [-0.3, -0.25) is 18.6 Å². The minimum Gasteiger partial charge on any atom is -0.480 e. The van der Waals surface area contributed by atoms with Gasteiger partial charge in [0.05, 0.1) is 13.2 Å². The number of esters is 1. The molecule has 1 amide bonds. The third-order valence-electron chi connectivity index (χ3n) is 11.9. The summed E-state index contributed by atoms with van der Waals surface area (Å²) in [5.74, 6) is -2.38. The molecule has 11 nitrogen and oxygen atoms in total. The van der Waals surface area contributed by atoms with Crippen molar-refractivity contribution in [2.24, 2.45) is 0 Å². The third-order valence-corrected chi connectivity index (χ3v) is 12.8. The van der Waals surface area contributed by atoms with E-state index in [1.807, 2.05) is 0 Å². The van der Waals surface area contributed by atoms with Crippen molar-refractivity contribution in [3.63, 3.8) is 0 Å². The number of carboxylic acid groups (broad SMARTS) is 1. The van der Waals surface area contributed by atoms with E-state index in [-0.39, 0.29) is 12.8 Å². The SMILES string of the molecule is CCCCC/C=C\C/C=C\C/C=C\C/C=C\CCCCCCCCCC(=O)NC(COP(=O)(O)OCC(O)COC(=O)CCCCCCCCCCCCCCCCCCCCCC)C(=O)O. The Morgan fingerprint density at radius 3 is 1.25 bits per heavy atom. The number of carbonyl (C=O) groups is 3. The molecule has 0 aromatic heterocycles. The molecule has 0 aromatic carbocycles. The van der Waals surface area contributed by atoms with Crippen LogP contribution in [0.15, 0.2) is 48.6 Å². The highest BCUT2D eigenvalue weighted by Crippen LogP contribution is 2.43. The van der Waals surface area contributed by atoms with Crippen molar-refractivity contribution in [2.75, 3.05) is 19.8 Å². The van der Waals surface area contributed by atoms with Gasteiger partial charge in [0.25, 0.3) is 0 Å². The summed E-state index contributed by atoms with van der Waals surface area (Å²) in [7, 11) is -4.77. The lowest BCUT2D eigenvalue weighted by Gasteiger charge is -2.18. The number of aliphatic hydroxyl groups excluding tert-OH is 1. The summed E-state index contributed by atoms with van der Waals surface area (Å²) in [6.07, 6.45) is 58.4. The maximum absolute atomic E-state index is 12.4. The molecule has 390 valence electrons. The summed E-state index contributed by atoms with van der Waals surface area (Å²) in [5, 5.41) is 22.0. The fourth-order valence-corrected chi connectivity index (χ4v) is 8.43. The quantitative estimate of drug-likeness (QED) is 0.0199. The lowest BCUT2D eigenvalue weighted by Crippen LogP contribution is -2.43. The Morgan fingerprint density at radius 2 is 0.821 bits per heavy atom. The Labute approximate surface area is 409 Å². The lowest BCUT2D eigenvalue weighted by atomic mass is 10.0. The zero-order valence-electron chi connectivity index (χ0n) is 42.7. The first-order valence-corrected chi connectivity index (χ1v) is 28.7. The van der Waals surface area contributed by atoms with Gasteiger partial charge in [0.15, 0.2) is 6.04 Å². The number of carboxylic acids is 1. The van der Waals surface area contributed by atoms with E-state index in [4.69, 9.17) is 13.8 Å². The van der Waals surface area contributed by atoms with Crippen LogP contribution in [0.4, 0.5) is 0 Å². The van der Waals surface area contributed by atoms with E-state index >= 15 is 0 Å².